The molecule has 0 saturated carbocycles. The summed E-state index contributed by atoms with van der Waals surface area (Å²) >= 11 is 1.35. The van der Waals surface area contributed by atoms with Gasteiger partial charge in [0.25, 0.3) is 11.8 Å². The van der Waals surface area contributed by atoms with Gasteiger partial charge in [-0.2, -0.15) is 16.8 Å². The molecule has 1 aliphatic heterocycles. The number of carbonyl (C=O) groups is 3. The Hall–Kier alpha value is -1.08. The van der Waals surface area contributed by atoms with Crippen molar-refractivity contribution in [3.05, 3.63) is 0 Å². The standard InChI is InChI=1S/C11H17NO5S/c1-16-10(14)5-3-4-6-17-12-9(13)7-8(18-2)11(12)15/h8H,3-7H2,1-2H3. The van der Waals surface area contributed by atoms with Crippen LogP contribution in [0, 0.1) is 0 Å². The number of amides is 2. The molecule has 0 spiro atoms. The van der Waals surface area contributed by atoms with Gasteiger partial charge in [0.2, 0.25) is 0 Å². The van der Waals surface area contributed by atoms with Crippen molar-refractivity contribution in [2.24, 2.45) is 0 Å². The average Bonchev–Trinajstić information content (AvgIpc) is 2.64. The second-order valence-electron chi connectivity index (χ2n) is 3.82. The van der Waals surface area contributed by atoms with Crippen molar-refractivity contribution >= 4 is 29.5 Å². The summed E-state index contributed by atoms with van der Waals surface area (Å²) in [6.07, 6.45) is 3.50. The van der Waals surface area contributed by atoms with Gasteiger partial charge < -0.3 is 4.74 Å². The molecule has 0 N–H and O–H groups in total. The van der Waals surface area contributed by atoms with Crippen LogP contribution >= 0.6 is 11.8 Å². The van der Waals surface area contributed by atoms with E-state index < -0.39 is 0 Å². The maximum Gasteiger partial charge on any atom is 0.305 e. The Bertz CT molecular complexity index is 333. The van der Waals surface area contributed by atoms with Crippen LogP contribution in [0.4, 0.5) is 0 Å². The molecule has 1 aliphatic rings. The predicted octanol–water partition coefficient (Wildman–Crippen LogP) is 0.752. The number of thioether (sulfide) groups is 1. The number of rotatable bonds is 7. The van der Waals surface area contributed by atoms with Crippen molar-refractivity contribution < 1.29 is 24.0 Å². The maximum absolute atomic E-state index is 11.7. The monoisotopic (exact) mass is 275 g/mol. The van der Waals surface area contributed by atoms with Crippen molar-refractivity contribution in [3.8, 4) is 0 Å². The van der Waals surface area contributed by atoms with Gasteiger partial charge in [0.05, 0.1) is 25.4 Å². The van der Waals surface area contributed by atoms with E-state index in [4.69, 9.17) is 4.84 Å². The second kappa shape index (κ2) is 7.38. The first kappa shape index (κ1) is 15.0. The van der Waals surface area contributed by atoms with Crippen LogP contribution in [-0.4, -0.2) is 48.1 Å². The minimum atomic E-state index is -0.326. The van der Waals surface area contributed by atoms with Crippen LogP contribution < -0.4 is 0 Å². The lowest BCUT2D eigenvalue weighted by Crippen LogP contribution is -2.31. The van der Waals surface area contributed by atoms with Crippen LogP contribution in [0.1, 0.15) is 25.7 Å². The lowest BCUT2D eigenvalue weighted by Gasteiger charge is -2.13. The van der Waals surface area contributed by atoms with Gasteiger partial charge in [-0.15, -0.1) is 0 Å². The first-order chi connectivity index (χ1) is 8.60. The van der Waals surface area contributed by atoms with Crippen LogP contribution in [0.5, 0.6) is 0 Å². The minimum Gasteiger partial charge on any atom is -0.469 e. The number of hydroxylamine groups is 2. The summed E-state index contributed by atoms with van der Waals surface area (Å²) in [5.74, 6) is -0.862. The SMILES string of the molecule is COC(=O)CCCCON1C(=O)CC(SC)C1=O. The Morgan fingerprint density at radius 1 is 1.44 bits per heavy atom. The quantitative estimate of drug-likeness (QED) is 0.388. The Labute approximate surface area is 110 Å². The van der Waals surface area contributed by atoms with Crippen LogP contribution in [-0.2, 0) is 24.0 Å². The van der Waals surface area contributed by atoms with Crippen LogP contribution in [0.3, 0.4) is 0 Å². The van der Waals surface area contributed by atoms with Crippen LogP contribution in [0.15, 0.2) is 0 Å². The van der Waals surface area contributed by atoms with Crippen molar-refractivity contribution in [2.75, 3.05) is 20.0 Å². The average molecular weight is 275 g/mol. The summed E-state index contributed by atoms with van der Waals surface area (Å²) in [6, 6.07) is 0. The van der Waals surface area contributed by atoms with Gasteiger partial charge in [0, 0.05) is 6.42 Å². The van der Waals surface area contributed by atoms with Gasteiger partial charge >= 0.3 is 5.97 Å². The Morgan fingerprint density at radius 3 is 2.72 bits per heavy atom. The zero-order chi connectivity index (χ0) is 13.5. The molecule has 102 valence electrons. The predicted molar refractivity (Wildman–Crippen MR) is 65.6 cm³/mol. The second-order valence-corrected chi connectivity index (χ2v) is 4.86. The molecule has 6 nitrogen and oxygen atoms in total. The molecule has 0 aromatic carbocycles. The van der Waals surface area contributed by atoms with Gasteiger partial charge in [-0.1, -0.05) is 0 Å². The lowest BCUT2D eigenvalue weighted by atomic mass is 10.2. The molecule has 18 heavy (non-hydrogen) atoms. The number of nitrogens with zero attached hydrogens (tertiary/aromatic N) is 1. The van der Waals surface area contributed by atoms with E-state index in [9.17, 15) is 14.4 Å². The highest BCUT2D eigenvalue weighted by Crippen LogP contribution is 2.23. The van der Waals surface area contributed by atoms with E-state index >= 15 is 0 Å². The van der Waals surface area contributed by atoms with E-state index in [1.165, 1.54) is 18.9 Å². The largest absolute Gasteiger partial charge is 0.469 e. The molecule has 2 amide bonds. The topological polar surface area (TPSA) is 72.9 Å². The fraction of sp³-hybridized carbons (Fsp3) is 0.727. The molecule has 0 radical (unpaired) electrons. The van der Waals surface area contributed by atoms with E-state index in [0.29, 0.717) is 19.3 Å². The Kier molecular flexibility index (Phi) is 6.14. The van der Waals surface area contributed by atoms with Gasteiger partial charge in [0.15, 0.2) is 0 Å². The molecule has 1 atom stereocenters. The smallest absolute Gasteiger partial charge is 0.305 e. The third kappa shape index (κ3) is 3.99. The Morgan fingerprint density at radius 2 is 2.17 bits per heavy atom. The molecule has 0 aromatic heterocycles. The van der Waals surface area contributed by atoms with E-state index in [0.717, 1.165) is 5.06 Å². The number of carbonyl (C=O) groups excluding carboxylic acids is 3. The van der Waals surface area contributed by atoms with Crippen LogP contribution in [0.2, 0.25) is 0 Å². The highest BCUT2D eigenvalue weighted by Gasteiger charge is 2.39. The van der Waals surface area contributed by atoms with E-state index in [1.807, 2.05) is 0 Å². The third-order valence-corrected chi connectivity index (χ3v) is 3.51. The number of hydrogen-bond acceptors (Lipinski definition) is 6. The summed E-state index contributed by atoms with van der Waals surface area (Å²) in [4.78, 5) is 39.1. The number of methoxy groups -OCH3 is 1. The number of unbranched alkanes of at least 4 members (excludes halogenated alkanes) is 1. The Balaban J connectivity index is 2.21. The molecule has 1 rings (SSSR count). The van der Waals surface area contributed by atoms with Crippen molar-refractivity contribution in [3.63, 3.8) is 0 Å². The number of imide groups is 1. The van der Waals surface area contributed by atoms with Gasteiger partial charge in [-0.3, -0.25) is 19.2 Å². The number of esters is 1. The summed E-state index contributed by atoms with van der Waals surface area (Å²) in [5, 5.41) is 0.520. The van der Waals surface area contributed by atoms with Gasteiger partial charge in [-0.25, -0.2) is 0 Å². The summed E-state index contributed by atoms with van der Waals surface area (Å²) < 4.78 is 4.49. The molecule has 7 heteroatoms. The summed E-state index contributed by atoms with van der Waals surface area (Å²) in [7, 11) is 1.34. The zero-order valence-electron chi connectivity index (χ0n) is 10.5. The highest BCUT2D eigenvalue weighted by atomic mass is 32.2. The third-order valence-electron chi connectivity index (χ3n) is 2.57. The normalized spacial score (nSPS) is 19.4. The minimum absolute atomic E-state index is 0.197. The molecule has 1 saturated heterocycles. The molecule has 0 aromatic rings. The number of ether oxygens (including phenoxy) is 1. The highest BCUT2D eigenvalue weighted by molar-refractivity contribution is 8.00. The van der Waals surface area contributed by atoms with Crippen molar-refractivity contribution in [2.45, 2.75) is 30.9 Å². The molecular weight excluding hydrogens is 258 g/mol. The van der Waals surface area contributed by atoms with Gasteiger partial charge in [0.1, 0.15) is 0 Å². The van der Waals surface area contributed by atoms with Crippen molar-refractivity contribution in [1.29, 1.82) is 0 Å². The number of hydrogen-bond donors (Lipinski definition) is 0. The lowest BCUT2D eigenvalue weighted by molar-refractivity contribution is -0.187. The molecule has 0 bridgehead atoms. The maximum atomic E-state index is 11.7. The first-order valence-corrected chi connectivity index (χ1v) is 6.98. The molecular formula is C11H17NO5S. The fourth-order valence-electron chi connectivity index (χ4n) is 1.53. The fourth-order valence-corrected chi connectivity index (χ4v) is 2.14. The van der Waals surface area contributed by atoms with E-state index in [-0.39, 0.29) is 36.1 Å². The first-order valence-electron chi connectivity index (χ1n) is 5.69. The van der Waals surface area contributed by atoms with Gasteiger partial charge in [-0.05, 0) is 19.1 Å². The molecule has 1 heterocycles. The molecule has 1 unspecified atom stereocenters. The summed E-state index contributed by atoms with van der Waals surface area (Å²) in [5.41, 5.74) is 0. The molecule has 0 aliphatic carbocycles. The van der Waals surface area contributed by atoms with Crippen LogP contribution in [0.25, 0.3) is 0 Å². The molecule has 1 fully saturated rings. The summed E-state index contributed by atoms with van der Waals surface area (Å²) in [6.45, 7) is 0.246. The van der Waals surface area contributed by atoms with Crippen molar-refractivity contribution in [1.82, 2.24) is 5.06 Å². The zero-order valence-corrected chi connectivity index (χ0v) is 11.3. The van der Waals surface area contributed by atoms with E-state index in [2.05, 4.69) is 4.74 Å². The van der Waals surface area contributed by atoms with E-state index in [1.54, 1.807) is 6.26 Å².